The van der Waals surface area contributed by atoms with Crippen molar-refractivity contribution in [2.24, 2.45) is 0 Å². The first kappa shape index (κ1) is 19.1. The van der Waals surface area contributed by atoms with E-state index < -0.39 is 6.04 Å². The lowest BCUT2D eigenvalue weighted by Gasteiger charge is -2.29. The summed E-state index contributed by atoms with van der Waals surface area (Å²) >= 11 is 0. The molecule has 142 valence electrons. The molecule has 5 nitrogen and oxygen atoms in total. The average Bonchev–Trinajstić information content (AvgIpc) is 2.71. The second-order valence-electron chi connectivity index (χ2n) is 6.69. The van der Waals surface area contributed by atoms with Crippen LogP contribution in [0.2, 0.25) is 0 Å². The Morgan fingerprint density at radius 1 is 1.22 bits per heavy atom. The summed E-state index contributed by atoms with van der Waals surface area (Å²) in [5.74, 6) is -0.229. The highest BCUT2D eigenvalue weighted by Crippen LogP contribution is 2.21. The van der Waals surface area contributed by atoms with E-state index in [0.29, 0.717) is 13.2 Å². The van der Waals surface area contributed by atoms with Crippen molar-refractivity contribution in [3.05, 3.63) is 71.3 Å². The van der Waals surface area contributed by atoms with Crippen LogP contribution in [0.3, 0.4) is 0 Å². The Bertz CT molecular complexity index is 798. The quantitative estimate of drug-likeness (QED) is 0.772. The molecule has 1 fully saturated rings. The second-order valence-corrected chi connectivity index (χ2v) is 6.69. The summed E-state index contributed by atoms with van der Waals surface area (Å²) in [6.45, 7) is 4.98. The van der Waals surface area contributed by atoms with Gasteiger partial charge < -0.3 is 20.1 Å². The molecule has 1 aliphatic heterocycles. The number of hydrogen-bond donors (Lipinski definition) is 2. The number of aliphatic hydroxyl groups is 1. The summed E-state index contributed by atoms with van der Waals surface area (Å²) in [6.07, 6.45) is 3.28. The number of rotatable bonds is 6. The number of carbonyl (C=O) groups is 1. The molecule has 2 aromatic carbocycles. The van der Waals surface area contributed by atoms with Crippen LogP contribution in [0, 0.1) is 6.92 Å². The zero-order chi connectivity index (χ0) is 19.1. The van der Waals surface area contributed by atoms with Crippen LogP contribution in [0.4, 0.5) is 5.69 Å². The Balaban J connectivity index is 1.66. The predicted molar refractivity (Wildman–Crippen MR) is 108 cm³/mol. The molecule has 2 aromatic rings. The third-order valence-electron chi connectivity index (χ3n) is 4.62. The maximum absolute atomic E-state index is 12.3. The molecule has 1 heterocycles. The van der Waals surface area contributed by atoms with Crippen LogP contribution in [-0.4, -0.2) is 43.9 Å². The van der Waals surface area contributed by atoms with Crippen LogP contribution in [0.1, 0.15) is 22.7 Å². The van der Waals surface area contributed by atoms with Crippen molar-refractivity contribution < 1.29 is 14.6 Å². The number of carbonyl (C=O) groups excluding carboxylic acids is 1. The molecule has 0 radical (unpaired) electrons. The summed E-state index contributed by atoms with van der Waals surface area (Å²) in [6, 6.07) is 15.4. The van der Waals surface area contributed by atoms with E-state index in [-0.39, 0.29) is 12.5 Å². The normalized spacial score (nSPS) is 15.7. The molecular formula is C22H26N2O3. The molecule has 1 atom stereocenters. The Labute approximate surface area is 160 Å². The fraction of sp³-hybridized carbons (Fsp3) is 0.318. The van der Waals surface area contributed by atoms with Crippen LogP contribution in [0.5, 0.6) is 0 Å². The summed E-state index contributed by atoms with van der Waals surface area (Å²) in [5.41, 5.74) is 4.09. The lowest BCUT2D eigenvalue weighted by Crippen LogP contribution is -2.36. The number of amides is 1. The van der Waals surface area contributed by atoms with Crippen LogP contribution in [-0.2, 0) is 9.53 Å². The molecule has 0 aromatic heterocycles. The second kappa shape index (κ2) is 9.35. The van der Waals surface area contributed by atoms with Gasteiger partial charge in [-0.1, -0.05) is 42.0 Å². The van der Waals surface area contributed by atoms with Gasteiger partial charge in [0, 0.05) is 24.9 Å². The first-order valence-electron chi connectivity index (χ1n) is 9.24. The van der Waals surface area contributed by atoms with Gasteiger partial charge in [0.15, 0.2) is 0 Å². The maximum Gasteiger partial charge on any atom is 0.244 e. The summed E-state index contributed by atoms with van der Waals surface area (Å²) < 4.78 is 5.40. The molecule has 3 rings (SSSR count). The van der Waals surface area contributed by atoms with Crippen molar-refractivity contribution in [2.45, 2.75) is 13.0 Å². The maximum atomic E-state index is 12.3. The number of benzene rings is 2. The van der Waals surface area contributed by atoms with Crippen LogP contribution < -0.4 is 10.2 Å². The summed E-state index contributed by atoms with van der Waals surface area (Å²) in [5, 5.41) is 12.7. The van der Waals surface area contributed by atoms with Gasteiger partial charge in [0.2, 0.25) is 5.91 Å². The number of nitrogens with zero attached hydrogens (tertiary/aromatic N) is 1. The Kier molecular flexibility index (Phi) is 6.63. The van der Waals surface area contributed by atoms with Gasteiger partial charge in [-0.15, -0.1) is 0 Å². The number of ether oxygens (including phenoxy) is 1. The van der Waals surface area contributed by atoms with E-state index in [1.165, 1.54) is 6.08 Å². The Hall–Kier alpha value is -2.63. The first-order valence-corrected chi connectivity index (χ1v) is 9.24. The Morgan fingerprint density at radius 2 is 2.00 bits per heavy atom. The number of aliphatic hydroxyl groups excluding tert-OH is 1. The highest BCUT2D eigenvalue weighted by molar-refractivity contribution is 5.92. The lowest BCUT2D eigenvalue weighted by atomic mass is 10.1. The van der Waals surface area contributed by atoms with Gasteiger partial charge >= 0.3 is 0 Å². The molecule has 0 bridgehead atoms. The fourth-order valence-corrected chi connectivity index (χ4v) is 3.16. The van der Waals surface area contributed by atoms with Crippen LogP contribution in [0.25, 0.3) is 6.08 Å². The molecule has 0 aliphatic carbocycles. The Morgan fingerprint density at radius 3 is 2.74 bits per heavy atom. The van der Waals surface area contributed by atoms with Crippen LogP contribution in [0.15, 0.2) is 54.6 Å². The topological polar surface area (TPSA) is 61.8 Å². The third-order valence-corrected chi connectivity index (χ3v) is 4.62. The van der Waals surface area contributed by atoms with Crippen LogP contribution >= 0.6 is 0 Å². The fourth-order valence-electron chi connectivity index (χ4n) is 3.16. The minimum absolute atomic E-state index is 0.156. The molecule has 2 N–H and O–H groups in total. The van der Waals surface area contributed by atoms with Gasteiger partial charge in [0.25, 0.3) is 0 Å². The van der Waals surface area contributed by atoms with Gasteiger partial charge in [-0.3, -0.25) is 4.79 Å². The smallest absolute Gasteiger partial charge is 0.244 e. The first-order chi connectivity index (χ1) is 13.2. The largest absolute Gasteiger partial charge is 0.394 e. The lowest BCUT2D eigenvalue weighted by molar-refractivity contribution is -0.117. The van der Waals surface area contributed by atoms with Crippen molar-refractivity contribution in [1.82, 2.24) is 5.32 Å². The van der Waals surface area contributed by atoms with E-state index in [1.54, 1.807) is 6.08 Å². The third kappa shape index (κ3) is 5.42. The van der Waals surface area contributed by atoms with Crippen molar-refractivity contribution in [2.75, 3.05) is 37.8 Å². The zero-order valence-corrected chi connectivity index (χ0v) is 15.6. The minimum Gasteiger partial charge on any atom is -0.394 e. The van der Waals surface area contributed by atoms with Crippen molar-refractivity contribution in [3.8, 4) is 0 Å². The molecule has 1 amide bonds. The van der Waals surface area contributed by atoms with Crippen molar-refractivity contribution >= 4 is 17.7 Å². The highest BCUT2D eigenvalue weighted by Gasteiger charge is 2.16. The van der Waals surface area contributed by atoms with Gasteiger partial charge in [-0.2, -0.15) is 0 Å². The van der Waals surface area contributed by atoms with Gasteiger partial charge in [-0.25, -0.2) is 0 Å². The molecule has 1 saturated heterocycles. The number of aryl methyl sites for hydroxylation is 1. The molecular weight excluding hydrogens is 340 g/mol. The monoisotopic (exact) mass is 366 g/mol. The van der Waals surface area contributed by atoms with Gasteiger partial charge in [-0.05, 0) is 36.3 Å². The SMILES string of the molecule is Cc1cccc(C=CC(=O)N[C@H](CO)c2cccc(N3CCOCC3)c2)c1. The number of hydrogen-bond acceptors (Lipinski definition) is 4. The van der Waals surface area contributed by atoms with E-state index in [2.05, 4.69) is 10.2 Å². The highest BCUT2D eigenvalue weighted by atomic mass is 16.5. The predicted octanol–water partition coefficient (Wildman–Crippen LogP) is 2.69. The van der Waals surface area contributed by atoms with E-state index in [9.17, 15) is 9.90 Å². The molecule has 5 heteroatoms. The number of morpholine rings is 1. The number of anilines is 1. The van der Waals surface area contributed by atoms with Gasteiger partial charge in [0.1, 0.15) is 0 Å². The van der Waals surface area contributed by atoms with E-state index >= 15 is 0 Å². The molecule has 0 unspecified atom stereocenters. The molecule has 1 aliphatic rings. The average molecular weight is 366 g/mol. The molecule has 0 spiro atoms. The van der Waals surface area contributed by atoms with E-state index in [4.69, 9.17) is 4.74 Å². The van der Waals surface area contributed by atoms with E-state index in [1.807, 2.05) is 55.5 Å². The standard InChI is InChI=1S/C22H26N2O3/c1-17-4-2-5-18(14-17)8-9-22(26)23-21(16-25)19-6-3-7-20(15-19)24-10-12-27-13-11-24/h2-9,14-15,21,25H,10-13,16H2,1H3,(H,23,26)/t21-/m1/s1. The molecule has 0 saturated carbocycles. The molecule has 27 heavy (non-hydrogen) atoms. The number of nitrogens with one attached hydrogen (secondary N) is 1. The van der Waals surface area contributed by atoms with Gasteiger partial charge in [0.05, 0.1) is 25.9 Å². The zero-order valence-electron chi connectivity index (χ0n) is 15.6. The summed E-state index contributed by atoms with van der Waals surface area (Å²) in [7, 11) is 0. The minimum atomic E-state index is -0.444. The van der Waals surface area contributed by atoms with Crippen molar-refractivity contribution in [1.29, 1.82) is 0 Å². The van der Waals surface area contributed by atoms with E-state index in [0.717, 1.165) is 35.5 Å². The summed E-state index contributed by atoms with van der Waals surface area (Å²) in [4.78, 5) is 14.5. The van der Waals surface area contributed by atoms with Crippen molar-refractivity contribution in [3.63, 3.8) is 0 Å².